The van der Waals surface area contributed by atoms with Crippen molar-refractivity contribution in [3.8, 4) is 5.75 Å². The Hall–Kier alpha value is -3.14. The standard InChI is InChI=1S/C22H21N3O/c1-16-9-10-17(2)18(12-16)14-25-21-8-4-3-7-20(21)24-22(25)15-26-19-6-5-11-23-13-19/h3-13H,14-15H2,1-2H3. The van der Waals surface area contributed by atoms with E-state index in [1.807, 2.05) is 24.3 Å². The Kier molecular flexibility index (Phi) is 4.40. The minimum absolute atomic E-state index is 0.408. The lowest BCUT2D eigenvalue weighted by Crippen LogP contribution is -2.09. The highest BCUT2D eigenvalue weighted by molar-refractivity contribution is 5.76. The number of para-hydroxylation sites is 2. The predicted molar refractivity (Wildman–Crippen MR) is 103 cm³/mol. The largest absolute Gasteiger partial charge is 0.484 e. The third-order valence-electron chi connectivity index (χ3n) is 4.57. The zero-order valence-electron chi connectivity index (χ0n) is 15.0. The molecule has 130 valence electrons. The van der Waals surface area contributed by atoms with E-state index in [1.165, 1.54) is 16.7 Å². The normalized spacial score (nSPS) is 11.0. The van der Waals surface area contributed by atoms with Gasteiger partial charge in [0.1, 0.15) is 18.2 Å². The number of aryl methyl sites for hydroxylation is 2. The summed E-state index contributed by atoms with van der Waals surface area (Å²) in [5.74, 6) is 1.66. The van der Waals surface area contributed by atoms with Crippen molar-refractivity contribution in [1.29, 1.82) is 0 Å². The van der Waals surface area contributed by atoms with Gasteiger partial charge in [0.15, 0.2) is 0 Å². The van der Waals surface area contributed by atoms with Gasteiger partial charge in [-0.3, -0.25) is 4.98 Å². The zero-order valence-corrected chi connectivity index (χ0v) is 15.0. The van der Waals surface area contributed by atoms with Crippen molar-refractivity contribution in [2.24, 2.45) is 0 Å². The summed E-state index contributed by atoms with van der Waals surface area (Å²) >= 11 is 0. The molecule has 0 spiro atoms. The molecule has 0 fully saturated rings. The number of ether oxygens (including phenoxy) is 1. The summed E-state index contributed by atoms with van der Waals surface area (Å²) in [6.07, 6.45) is 3.46. The second-order valence-corrected chi connectivity index (χ2v) is 6.51. The smallest absolute Gasteiger partial charge is 0.148 e. The molecule has 0 bridgehead atoms. The van der Waals surface area contributed by atoms with Crippen LogP contribution in [0.15, 0.2) is 67.0 Å². The van der Waals surface area contributed by atoms with Crippen LogP contribution in [0.2, 0.25) is 0 Å². The van der Waals surface area contributed by atoms with Crippen LogP contribution in [0, 0.1) is 13.8 Å². The Morgan fingerprint density at radius 1 is 1.00 bits per heavy atom. The molecule has 2 aromatic heterocycles. The first-order valence-electron chi connectivity index (χ1n) is 8.74. The Bertz CT molecular complexity index is 1040. The van der Waals surface area contributed by atoms with E-state index in [2.05, 4.69) is 53.7 Å². The number of hydrogen-bond acceptors (Lipinski definition) is 3. The highest BCUT2D eigenvalue weighted by Crippen LogP contribution is 2.21. The van der Waals surface area contributed by atoms with Gasteiger partial charge in [-0.2, -0.15) is 0 Å². The fraction of sp³-hybridized carbons (Fsp3) is 0.182. The minimum atomic E-state index is 0.408. The third-order valence-corrected chi connectivity index (χ3v) is 4.57. The molecule has 4 aromatic rings. The molecule has 2 aromatic carbocycles. The van der Waals surface area contributed by atoms with Crippen LogP contribution >= 0.6 is 0 Å². The quantitative estimate of drug-likeness (QED) is 0.528. The summed E-state index contributed by atoms with van der Waals surface area (Å²) in [7, 11) is 0. The Labute approximate surface area is 153 Å². The van der Waals surface area contributed by atoms with Crippen molar-refractivity contribution in [2.45, 2.75) is 27.0 Å². The molecule has 0 aliphatic carbocycles. The topological polar surface area (TPSA) is 39.9 Å². The number of pyridine rings is 1. The van der Waals surface area contributed by atoms with Gasteiger partial charge in [-0.25, -0.2) is 4.98 Å². The van der Waals surface area contributed by atoms with Crippen molar-refractivity contribution in [2.75, 3.05) is 0 Å². The van der Waals surface area contributed by atoms with Crippen molar-refractivity contribution in [3.63, 3.8) is 0 Å². The van der Waals surface area contributed by atoms with Crippen LogP contribution in [0.4, 0.5) is 0 Å². The van der Waals surface area contributed by atoms with Gasteiger partial charge < -0.3 is 9.30 Å². The van der Waals surface area contributed by atoms with Crippen molar-refractivity contribution >= 4 is 11.0 Å². The zero-order chi connectivity index (χ0) is 17.9. The van der Waals surface area contributed by atoms with Gasteiger partial charge in [-0.15, -0.1) is 0 Å². The van der Waals surface area contributed by atoms with Gasteiger partial charge in [-0.1, -0.05) is 35.9 Å². The molecule has 0 aliphatic rings. The number of nitrogens with zero attached hydrogens (tertiary/aromatic N) is 3. The number of fused-ring (bicyclic) bond motifs is 1. The fourth-order valence-electron chi connectivity index (χ4n) is 3.13. The minimum Gasteiger partial charge on any atom is -0.484 e. The van der Waals surface area contributed by atoms with Crippen LogP contribution in [0.25, 0.3) is 11.0 Å². The summed E-state index contributed by atoms with van der Waals surface area (Å²) in [5, 5.41) is 0. The first-order valence-corrected chi connectivity index (χ1v) is 8.74. The van der Waals surface area contributed by atoms with Crippen molar-refractivity contribution in [3.05, 3.63) is 89.5 Å². The Morgan fingerprint density at radius 3 is 2.73 bits per heavy atom. The molecule has 0 saturated carbocycles. The number of imidazole rings is 1. The average Bonchev–Trinajstić information content (AvgIpc) is 3.01. The Morgan fingerprint density at radius 2 is 1.88 bits per heavy atom. The highest BCUT2D eigenvalue weighted by atomic mass is 16.5. The highest BCUT2D eigenvalue weighted by Gasteiger charge is 2.12. The SMILES string of the molecule is Cc1ccc(C)c(Cn2c(COc3cccnc3)nc3ccccc32)c1. The summed E-state index contributed by atoms with van der Waals surface area (Å²) < 4.78 is 8.15. The molecule has 0 N–H and O–H groups in total. The van der Waals surface area contributed by atoms with E-state index in [-0.39, 0.29) is 0 Å². The van der Waals surface area contributed by atoms with E-state index in [0.717, 1.165) is 29.2 Å². The van der Waals surface area contributed by atoms with Crippen LogP contribution in [0.5, 0.6) is 5.75 Å². The molecule has 0 saturated heterocycles. The first-order chi connectivity index (χ1) is 12.7. The molecule has 0 amide bonds. The maximum atomic E-state index is 5.91. The fourth-order valence-corrected chi connectivity index (χ4v) is 3.13. The second-order valence-electron chi connectivity index (χ2n) is 6.51. The lowest BCUT2D eigenvalue weighted by atomic mass is 10.1. The van der Waals surface area contributed by atoms with Crippen LogP contribution < -0.4 is 4.74 Å². The molecule has 0 unspecified atom stereocenters. The summed E-state index contributed by atoms with van der Waals surface area (Å²) in [6.45, 7) is 5.46. The third kappa shape index (κ3) is 3.31. The number of rotatable bonds is 5. The summed E-state index contributed by atoms with van der Waals surface area (Å²) in [5.41, 5.74) is 5.97. The van der Waals surface area contributed by atoms with E-state index in [9.17, 15) is 0 Å². The molecule has 0 aliphatic heterocycles. The lowest BCUT2D eigenvalue weighted by Gasteiger charge is -2.13. The molecular formula is C22H21N3O. The van der Waals surface area contributed by atoms with Crippen LogP contribution in [0.1, 0.15) is 22.5 Å². The molecule has 2 heterocycles. The number of hydrogen-bond donors (Lipinski definition) is 0. The maximum Gasteiger partial charge on any atom is 0.148 e. The van der Waals surface area contributed by atoms with Crippen LogP contribution in [-0.4, -0.2) is 14.5 Å². The number of benzene rings is 2. The lowest BCUT2D eigenvalue weighted by molar-refractivity contribution is 0.290. The van der Waals surface area contributed by atoms with Gasteiger partial charge in [-0.05, 0) is 49.2 Å². The van der Waals surface area contributed by atoms with E-state index in [4.69, 9.17) is 9.72 Å². The van der Waals surface area contributed by atoms with Crippen LogP contribution in [-0.2, 0) is 13.2 Å². The van der Waals surface area contributed by atoms with E-state index >= 15 is 0 Å². The van der Waals surface area contributed by atoms with Crippen molar-refractivity contribution in [1.82, 2.24) is 14.5 Å². The van der Waals surface area contributed by atoms with Gasteiger partial charge >= 0.3 is 0 Å². The second kappa shape index (κ2) is 7.00. The van der Waals surface area contributed by atoms with E-state index < -0.39 is 0 Å². The predicted octanol–water partition coefficient (Wildman–Crippen LogP) is 4.68. The first kappa shape index (κ1) is 16.3. The molecular weight excluding hydrogens is 322 g/mol. The molecule has 0 atom stereocenters. The monoisotopic (exact) mass is 343 g/mol. The van der Waals surface area contributed by atoms with Gasteiger partial charge in [0.25, 0.3) is 0 Å². The molecule has 4 heteroatoms. The van der Waals surface area contributed by atoms with Crippen molar-refractivity contribution < 1.29 is 4.74 Å². The van der Waals surface area contributed by atoms with E-state index in [1.54, 1.807) is 12.4 Å². The Balaban J connectivity index is 1.70. The number of aromatic nitrogens is 3. The van der Waals surface area contributed by atoms with Gasteiger partial charge in [0.2, 0.25) is 0 Å². The van der Waals surface area contributed by atoms with E-state index in [0.29, 0.717) is 6.61 Å². The summed E-state index contributed by atoms with van der Waals surface area (Å²) in [6, 6.07) is 18.6. The molecule has 4 nitrogen and oxygen atoms in total. The average molecular weight is 343 g/mol. The molecule has 0 radical (unpaired) electrons. The summed E-state index contributed by atoms with van der Waals surface area (Å²) in [4.78, 5) is 8.89. The maximum absolute atomic E-state index is 5.91. The van der Waals surface area contributed by atoms with Gasteiger partial charge in [0.05, 0.1) is 17.2 Å². The van der Waals surface area contributed by atoms with Gasteiger partial charge in [0, 0.05) is 12.7 Å². The van der Waals surface area contributed by atoms with Crippen LogP contribution in [0.3, 0.4) is 0 Å². The molecule has 4 rings (SSSR count). The molecule has 26 heavy (non-hydrogen) atoms.